The van der Waals surface area contributed by atoms with Gasteiger partial charge in [-0.1, -0.05) is 37.3 Å². The molecular weight excluding hydrogens is 290 g/mol. The number of aryl methyl sites for hydroxylation is 1. The van der Waals surface area contributed by atoms with E-state index < -0.39 is 5.54 Å². The minimum absolute atomic E-state index is 0.0520. The van der Waals surface area contributed by atoms with Gasteiger partial charge in [-0.2, -0.15) is 0 Å². The highest BCUT2D eigenvalue weighted by atomic mass is 35.5. The van der Waals surface area contributed by atoms with Crippen molar-refractivity contribution in [2.75, 3.05) is 5.88 Å². The molecule has 0 radical (unpaired) electrons. The van der Waals surface area contributed by atoms with Crippen LogP contribution in [0.2, 0.25) is 0 Å². The number of hydrogen-bond donors (Lipinski definition) is 1. The second-order valence-corrected chi connectivity index (χ2v) is 6.10. The fourth-order valence-corrected chi connectivity index (χ4v) is 3.22. The predicted molar refractivity (Wildman–Crippen MR) is 85.7 cm³/mol. The van der Waals surface area contributed by atoms with Crippen LogP contribution in [0.15, 0.2) is 41.8 Å². The molecule has 0 aliphatic rings. The minimum Gasteiger partial charge on any atom is -0.341 e. The van der Waals surface area contributed by atoms with Gasteiger partial charge in [0.15, 0.2) is 0 Å². The van der Waals surface area contributed by atoms with E-state index in [4.69, 9.17) is 11.6 Å². The molecule has 0 saturated heterocycles. The second-order valence-electron chi connectivity index (χ2n) is 4.91. The number of carbonyl (C=O) groups excluding carboxylic acids is 1. The lowest BCUT2D eigenvalue weighted by Crippen LogP contribution is -2.45. The normalized spacial score (nSPS) is 13.8. The summed E-state index contributed by atoms with van der Waals surface area (Å²) in [5, 5.41) is 5.03. The van der Waals surface area contributed by atoms with Gasteiger partial charge in [-0.3, -0.25) is 4.79 Å². The number of nitrogens with one attached hydrogen (secondary N) is 1. The summed E-state index contributed by atoms with van der Waals surface area (Å²) in [4.78, 5) is 13.3. The number of thiophene rings is 1. The van der Waals surface area contributed by atoms with Crippen molar-refractivity contribution in [1.29, 1.82) is 0 Å². The van der Waals surface area contributed by atoms with E-state index in [2.05, 4.69) is 12.2 Å². The fraction of sp³-hybridized carbons (Fsp3) is 0.312. The van der Waals surface area contributed by atoms with Crippen LogP contribution in [0.1, 0.15) is 34.6 Å². The van der Waals surface area contributed by atoms with Crippen molar-refractivity contribution < 1.29 is 4.79 Å². The van der Waals surface area contributed by atoms with E-state index in [9.17, 15) is 4.79 Å². The first-order valence-electron chi connectivity index (χ1n) is 6.61. The molecule has 1 heterocycles. The van der Waals surface area contributed by atoms with Crippen molar-refractivity contribution >= 4 is 28.8 Å². The number of alkyl halides is 1. The van der Waals surface area contributed by atoms with E-state index in [1.54, 1.807) is 0 Å². The number of hydrogen-bond acceptors (Lipinski definition) is 2. The minimum atomic E-state index is -0.561. The largest absolute Gasteiger partial charge is 0.341 e. The Morgan fingerprint density at radius 1 is 1.30 bits per heavy atom. The monoisotopic (exact) mass is 307 g/mol. The molecule has 2 aromatic rings. The molecule has 106 valence electrons. The van der Waals surface area contributed by atoms with E-state index in [1.807, 2.05) is 48.7 Å². The Morgan fingerprint density at radius 3 is 2.60 bits per heavy atom. The van der Waals surface area contributed by atoms with Crippen LogP contribution in [0, 0.1) is 0 Å². The van der Waals surface area contributed by atoms with Crippen molar-refractivity contribution in [2.45, 2.75) is 25.8 Å². The van der Waals surface area contributed by atoms with Crippen molar-refractivity contribution in [3.8, 4) is 0 Å². The van der Waals surface area contributed by atoms with Gasteiger partial charge in [-0.15, -0.1) is 22.9 Å². The molecule has 2 nitrogen and oxygen atoms in total. The Hall–Kier alpha value is -1.32. The lowest BCUT2D eigenvalue weighted by atomic mass is 9.94. The number of benzene rings is 1. The standard InChI is InChI=1S/C16H18ClNOS/c1-3-12-9-10-20-14(12)15(19)18-16(2,11-17)13-7-5-4-6-8-13/h4-10H,3,11H2,1-2H3,(H,18,19). The number of rotatable bonds is 5. The molecule has 0 bridgehead atoms. The summed E-state index contributed by atoms with van der Waals surface area (Å²) in [7, 11) is 0. The summed E-state index contributed by atoms with van der Waals surface area (Å²) >= 11 is 7.58. The van der Waals surface area contributed by atoms with E-state index >= 15 is 0 Å². The van der Waals surface area contributed by atoms with Crippen molar-refractivity contribution in [3.05, 3.63) is 57.8 Å². The van der Waals surface area contributed by atoms with Gasteiger partial charge in [0.2, 0.25) is 0 Å². The molecule has 1 aromatic heterocycles. The van der Waals surface area contributed by atoms with Gasteiger partial charge in [0.1, 0.15) is 0 Å². The molecule has 2 rings (SSSR count). The molecule has 0 aliphatic heterocycles. The molecule has 0 spiro atoms. The quantitative estimate of drug-likeness (QED) is 0.824. The third-order valence-corrected chi connectivity index (χ3v) is 4.89. The van der Waals surface area contributed by atoms with Gasteiger partial charge in [0.05, 0.1) is 10.4 Å². The maximum Gasteiger partial charge on any atom is 0.262 e. The molecule has 20 heavy (non-hydrogen) atoms. The lowest BCUT2D eigenvalue weighted by Gasteiger charge is -2.29. The first kappa shape index (κ1) is 15.1. The summed E-state index contributed by atoms with van der Waals surface area (Å²) in [6, 6.07) is 11.8. The summed E-state index contributed by atoms with van der Waals surface area (Å²) in [6.07, 6.45) is 0.856. The zero-order valence-corrected chi connectivity index (χ0v) is 13.2. The fourth-order valence-electron chi connectivity index (χ4n) is 2.11. The van der Waals surface area contributed by atoms with Crippen LogP contribution in [0.25, 0.3) is 0 Å². The Kier molecular flexibility index (Phi) is 4.84. The highest BCUT2D eigenvalue weighted by Crippen LogP contribution is 2.24. The molecule has 1 amide bonds. The highest BCUT2D eigenvalue weighted by molar-refractivity contribution is 7.12. The predicted octanol–water partition coefficient (Wildman–Crippen LogP) is 4.19. The molecule has 1 atom stereocenters. The van der Waals surface area contributed by atoms with Crippen molar-refractivity contribution in [3.63, 3.8) is 0 Å². The van der Waals surface area contributed by atoms with Crippen LogP contribution >= 0.6 is 22.9 Å². The van der Waals surface area contributed by atoms with Crippen LogP contribution in [-0.4, -0.2) is 11.8 Å². The summed E-state index contributed by atoms with van der Waals surface area (Å²) in [6.45, 7) is 4.00. The highest BCUT2D eigenvalue weighted by Gasteiger charge is 2.28. The Bertz CT molecular complexity index is 581. The third kappa shape index (κ3) is 3.05. The molecule has 0 saturated carbocycles. The summed E-state index contributed by atoms with van der Waals surface area (Å²) < 4.78 is 0. The van der Waals surface area contributed by atoms with Gasteiger partial charge in [-0.05, 0) is 35.9 Å². The first-order valence-corrected chi connectivity index (χ1v) is 8.02. The number of carbonyl (C=O) groups is 1. The third-order valence-electron chi connectivity index (χ3n) is 3.40. The topological polar surface area (TPSA) is 29.1 Å². The van der Waals surface area contributed by atoms with E-state index in [0.717, 1.165) is 22.4 Å². The SMILES string of the molecule is CCc1ccsc1C(=O)NC(C)(CCl)c1ccccc1. The molecule has 1 N–H and O–H groups in total. The van der Waals surface area contributed by atoms with Gasteiger partial charge in [0, 0.05) is 5.88 Å². The smallest absolute Gasteiger partial charge is 0.262 e. The van der Waals surface area contributed by atoms with Gasteiger partial charge < -0.3 is 5.32 Å². The second kappa shape index (κ2) is 6.42. The average Bonchev–Trinajstić information content (AvgIpc) is 2.96. The molecule has 4 heteroatoms. The van der Waals surface area contributed by atoms with Crippen LogP contribution in [0.3, 0.4) is 0 Å². The number of amides is 1. The molecule has 0 aliphatic carbocycles. The van der Waals surface area contributed by atoms with Crippen molar-refractivity contribution in [1.82, 2.24) is 5.32 Å². The van der Waals surface area contributed by atoms with E-state index in [-0.39, 0.29) is 5.91 Å². The maximum atomic E-state index is 12.5. The Balaban J connectivity index is 2.24. The van der Waals surface area contributed by atoms with E-state index in [1.165, 1.54) is 11.3 Å². The first-order chi connectivity index (χ1) is 9.60. The van der Waals surface area contributed by atoms with Gasteiger partial charge >= 0.3 is 0 Å². The van der Waals surface area contributed by atoms with E-state index in [0.29, 0.717) is 5.88 Å². The van der Waals surface area contributed by atoms with Crippen molar-refractivity contribution in [2.24, 2.45) is 0 Å². The molecule has 1 unspecified atom stereocenters. The van der Waals surface area contributed by atoms with Crippen LogP contribution < -0.4 is 5.32 Å². The molecule has 1 aromatic carbocycles. The van der Waals surface area contributed by atoms with Gasteiger partial charge in [0.25, 0.3) is 5.91 Å². The maximum absolute atomic E-state index is 12.5. The van der Waals surface area contributed by atoms with Crippen LogP contribution in [-0.2, 0) is 12.0 Å². The zero-order valence-electron chi connectivity index (χ0n) is 11.7. The Morgan fingerprint density at radius 2 is 2.00 bits per heavy atom. The number of halogens is 1. The summed E-state index contributed by atoms with van der Waals surface area (Å²) in [5.74, 6) is 0.277. The lowest BCUT2D eigenvalue weighted by molar-refractivity contribution is 0.0916. The molecule has 0 fully saturated rings. The average molecular weight is 308 g/mol. The van der Waals surface area contributed by atoms with Gasteiger partial charge in [-0.25, -0.2) is 0 Å². The molecular formula is C16H18ClNOS. The zero-order chi connectivity index (χ0) is 14.6. The Labute approximate surface area is 128 Å². The van der Waals surface area contributed by atoms with Crippen LogP contribution in [0.4, 0.5) is 0 Å². The van der Waals surface area contributed by atoms with Crippen LogP contribution in [0.5, 0.6) is 0 Å². The summed E-state index contributed by atoms with van der Waals surface area (Å²) in [5.41, 5.74) is 1.53.